The average molecular weight is 280 g/mol. The van der Waals surface area contributed by atoms with Gasteiger partial charge in [0.25, 0.3) is 11.7 Å². The lowest BCUT2D eigenvalue weighted by atomic mass is 10.2. The molecule has 0 aliphatic carbocycles. The van der Waals surface area contributed by atoms with Gasteiger partial charge in [-0.3, -0.25) is 4.79 Å². The van der Waals surface area contributed by atoms with E-state index in [1.54, 1.807) is 11.0 Å². The van der Waals surface area contributed by atoms with Crippen molar-refractivity contribution in [3.05, 3.63) is 40.7 Å². The molecule has 0 fully saturated rings. The summed E-state index contributed by atoms with van der Waals surface area (Å²) in [6.45, 7) is 4.32. The maximum absolute atomic E-state index is 12.2. The molecule has 100 valence electrons. The molecular formula is C12H14ClN5O. The summed E-state index contributed by atoms with van der Waals surface area (Å²) in [6.07, 6.45) is 0. The minimum atomic E-state index is -0.260. The highest BCUT2D eigenvalue weighted by molar-refractivity contribution is 6.30. The first-order valence-electron chi connectivity index (χ1n) is 5.87. The van der Waals surface area contributed by atoms with Crippen molar-refractivity contribution in [2.45, 2.75) is 26.4 Å². The summed E-state index contributed by atoms with van der Waals surface area (Å²) in [5.74, 6) is -0.195. The van der Waals surface area contributed by atoms with Gasteiger partial charge in [0.15, 0.2) is 0 Å². The van der Waals surface area contributed by atoms with Gasteiger partial charge in [0.2, 0.25) is 0 Å². The van der Waals surface area contributed by atoms with E-state index in [-0.39, 0.29) is 17.8 Å². The Balaban J connectivity index is 2.19. The molecule has 0 radical (unpaired) electrons. The zero-order chi connectivity index (χ0) is 13.8. The first-order valence-corrected chi connectivity index (χ1v) is 6.24. The van der Waals surface area contributed by atoms with E-state index in [0.717, 1.165) is 5.56 Å². The average Bonchev–Trinajstić information content (AvgIpc) is 2.88. The van der Waals surface area contributed by atoms with E-state index < -0.39 is 0 Å². The topological polar surface area (TPSA) is 74.8 Å². The van der Waals surface area contributed by atoms with Crippen LogP contribution in [0.5, 0.6) is 0 Å². The van der Waals surface area contributed by atoms with Gasteiger partial charge in [0, 0.05) is 17.6 Å². The van der Waals surface area contributed by atoms with Crippen LogP contribution in [-0.4, -0.2) is 37.5 Å². The number of aromatic nitrogens is 4. The van der Waals surface area contributed by atoms with E-state index in [0.29, 0.717) is 11.6 Å². The van der Waals surface area contributed by atoms with Crippen LogP contribution in [0.1, 0.15) is 30.0 Å². The van der Waals surface area contributed by atoms with Crippen molar-refractivity contribution in [1.82, 2.24) is 25.5 Å². The van der Waals surface area contributed by atoms with Gasteiger partial charge in [-0.15, -0.1) is 10.2 Å². The third-order valence-corrected chi connectivity index (χ3v) is 2.90. The van der Waals surface area contributed by atoms with Gasteiger partial charge in [-0.2, -0.15) is 5.21 Å². The summed E-state index contributed by atoms with van der Waals surface area (Å²) in [5, 5.41) is 13.8. The molecule has 2 rings (SSSR count). The molecule has 0 spiro atoms. The standard InChI is InChI=1S/C12H14ClN5O/c1-8(2)18(12(19)11-14-16-17-15-11)7-9-4-3-5-10(13)6-9/h3-6,8H,7H2,1-2H3,(H,14,15,16,17). The number of H-pyrrole nitrogens is 1. The van der Waals surface area contributed by atoms with Crippen LogP contribution >= 0.6 is 11.6 Å². The quantitative estimate of drug-likeness (QED) is 0.927. The van der Waals surface area contributed by atoms with Gasteiger partial charge in [-0.05, 0) is 36.8 Å². The van der Waals surface area contributed by atoms with Crippen molar-refractivity contribution in [3.63, 3.8) is 0 Å². The Bertz CT molecular complexity index is 555. The van der Waals surface area contributed by atoms with Crippen molar-refractivity contribution in [2.24, 2.45) is 0 Å². The molecule has 0 unspecified atom stereocenters. The summed E-state index contributed by atoms with van der Waals surface area (Å²) in [7, 11) is 0. The Labute approximate surface area is 115 Å². The molecule has 0 atom stereocenters. The second-order valence-corrected chi connectivity index (χ2v) is 4.83. The van der Waals surface area contributed by atoms with Crippen molar-refractivity contribution >= 4 is 17.5 Å². The fourth-order valence-corrected chi connectivity index (χ4v) is 1.91. The zero-order valence-corrected chi connectivity index (χ0v) is 11.4. The van der Waals surface area contributed by atoms with Gasteiger partial charge >= 0.3 is 0 Å². The third-order valence-electron chi connectivity index (χ3n) is 2.66. The maximum Gasteiger partial charge on any atom is 0.295 e. The van der Waals surface area contributed by atoms with Crippen LogP contribution < -0.4 is 0 Å². The van der Waals surface area contributed by atoms with Gasteiger partial charge in [0.1, 0.15) is 0 Å². The number of rotatable bonds is 4. The molecule has 1 amide bonds. The Morgan fingerprint density at radius 3 is 2.84 bits per heavy atom. The Morgan fingerprint density at radius 2 is 2.26 bits per heavy atom. The third kappa shape index (κ3) is 3.29. The lowest BCUT2D eigenvalue weighted by molar-refractivity contribution is 0.0677. The van der Waals surface area contributed by atoms with Crippen LogP contribution in [0.15, 0.2) is 24.3 Å². The molecule has 0 aliphatic heterocycles. The Morgan fingerprint density at radius 1 is 1.47 bits per heavy atom. The normalized spacial score (nSPS) is 10.7. The smallest absolute Gasteiger partial charge is 0.295 e. The SMILES string of the molecule is CC(C)N(Cc1cccc(Cl)c1)C(=O)c1nn[nH]n1. The predicted octanol–water partition coefficient (Wildman–Crippen LogP) is 1.90. The van der Waals surface area contributed by atoms with Gasteiger partial charge in [-0.25, -0.2) is 0 Å². The number of hydrogen-bond acceptors (Lipinski definition) is 4. The predicted molar refractivity (Wildman–Crippen MR) is 70.6 cm³/mol. The molecular weight excluding hydrogens is 266 g/mol. The first-order chi connectivity index (χ1) is 9.08. The van der Waals surface area contributed by atoms with E-state index in [1.165, 1.54) is 0 Å². The minimum Gasteiger partial charge on any atom is -0.329 e. The summed E-state index contributed by atoms with van der Waals surface area (Å²) in [4.78, 5) is 13.9. The number of aromatic amines is 1. The molecule has 0 saturated carbocycles. The van der Waals surface area contributed by atoms with Gasteiger partial charge in [-0.1, -0.05) is 23.7 Å². The number of amides is 1. The fourth-order valence-electron chi connectivity index (χ4n) is 1.70. The Hall–Kier alpha value is -1.95. The second kappa shape index (κ2) is 5.79. The molecule has 0 bridgehead atoms. The van der Waals surface area contributed by atoms with Gasteiger partial charge in [0.05, 0.1) is 0 Å². The van der Waals surface area contributed by atoms with Crippen LogP contribution in [-0.2, 0) is 6.54 Å². The van der Waals surface area contributed by atoms with Crippen LogP contribution in [0.25, 0.3) is 0 Å². The van der Waals surface area contributed by atoms with Crippen molar-refractivity contribution in [2.75, 3.05) is 0 Å². The maximum atomic E-state index is 12.2. The number of benzene rings is 1. The van der Waals surface area contributed by atoms with Crippen molar-refractivity contribution in [3.8, 4) is 0 Å². The number of hydrogen-bond donors (Lipinski definition) is 1. The molecule has 2 aromatic rings. The second-order valence-electron chi connectivity index (χ2n) is 4.39. The lowest BCUT2D eigenvalue weighted by Gasteiger charge is -2.25. The number of nitrogens with zero attached hydrogens (tertiary/aromatic N) is 4. The van der Waals surface area contributed by atoms with Crippen LogP contribution in [0.4, 0.5) is 0 Å². The van der Waals surface area contributed by atoms with E-state index in [1.807, 2.05) is 32.0 Å². The highest BCUT2D eigenvalue weighted by atomic mass is 35.5. The molecule has 0 saturated heterocycles. The molecule has 1 aromatic heterocycles. The van der Waals surface area contributed by atoms with Crippen molar-refractivity contribution in [1.29, 1.82) is 0 Å². The molecule has 1 aromatic carbocycles. The minimum absolute atomic E-state index is 0.0185. The van der Waals surface area contributed by atoms with E-state index in [2.05, 4.69) is 20.6 Å². The highest BCUT2D eigenvalue weighted by Crippen LogP contribution is 2.15. The molecule has 0 aliphatic rings. The summed E-state index contributed by atoms with van der Waals surface area (Å²) >= 11 is 5.94. The van der Waals surface area contributed by atoms with Crippen LogP contribution in [0, 0.1) is 0 Å². The van der Waals surface area contributed by atoms with Crippen LogP contribution in [0.2, 0.25) is 5.02 Å². The highest BCUT2D eigenvalue weighted by Gasteiger charge is 2.22. The fraction of sp³-hybridized carbons (Fsp3) is 0.333. The van der Waals surface area contributed by atoms with Crippen molar-refractivity contribution < 1.29 is 4.79 Å². The molecule has 19 heavy (non-hydrogen) atoms. The van der Waals surface area contributed by atoms with Gasteiger partial charge < -0.3 is 4.90 Å². The molecule has 1 heterocycles. The lowest BCUT2D eigenvalue weighted by Crippen LogP contribution is -2.37. The zero-order valence-electron chi connectivity index (χ0n) is 10.7. The number of halogens is 1. The number of carbonyl (C=O) groups is 1. The largest absolute Gasteiger partial charge is 0.329 e. The number of carbonyl (C=O) groups excluding carboxylic acids is 1. The summed E-state index contributed by atoms with van der Waals surface area (Å²) in [6, 6.07) is 7.43. The van der Waals surface area contributed by atoms with Crippen LogP contribution in [0.3, 0.4) is 0 Å². The monoisotopic (exact) mass is 279 g/mol. The van der Waals surface area contributed by atoms with E-state index in [9.17, 15) is 4.79 Å². The molecule has 6 nitrogen and oxygen atoms in total. The first kappa shape index (κ1) is 13.5. The molecule has 1 N–H and O–H groups in total. The summed E-state index contributed by atoms with van der Waals surface area (Å²) in [5.41, 5.74) is 0.957. The van der Waals surface area contributed by atoms with E-state index in [4.69, 9.17) is 11.6 Å². The Kier molecular flexibility index (Phi) is 4.11. The molecule has 7 heteroatoms. The summed E-state index contributed by atoms with van der Waals surface area (Å²) < 4.78 is 0. The van der Waals surface area contributed by atoms with E-state index >= 15 is 0 Å². The number of nitrogens with one attached hydrogen (secondary N) is 1. The number of tetrazole rings is 1.